The highest BCUT2D eigenvalue weighted by Gasteiger charge is 2.23. The standard InChI is InChI=1S/C30H31N3O8S3/c1-14-7-8-21(16(3)9-14)40-13-24(35)31-19-12-20(34)15(2)10-22(19)41-23-11-17(4)27(26(37)25(23)36)43-30-33-32-29(44-30)42-18(5)28(38)39-6/h7-12,18,34,36-37H,13H2,1-6H3,(H,31,35). The predicted molar refractivity (Wildman–Crippen MR) is 169 cm³/mol. The van der Waals surface area contributed by atoms with E-state index in [1.165, 1.54) is 48.4 Å². The average Bonchev–Trinajstić information content (AvgIpc) is 3.42. The van der Waals surface area contributed by atoms with Crippen LogP contribution in [0, 0.1) is 27.7 Å². The van der Waals surface area contributed by atoms with Crippen LogP contribution in [0.2, 0.25) is 0 Å². The normalized spacial score (nSPS) is 11.6. The Balaban J connectivity index is 1.51. The third kappa shape index (κ3) is 7.87. The third-order valence-electron chi connectivity index (χ3n) is 6.25. The summed E-state index contributed by atoms with van der Waals surface area (Å²) < 4.78 is 17.4. The van der Waals surface area contributed by atoms with E-state index in [2.05, 4.69) is 15.5 Å². The maximum absolute atomic E-state index is 12.8. The first-order valence-electron chi connectivity index (χ1n) is 13.2. The number of rotatable bonds is 11. The second-order valence-electron chi connectivity index (χ2n) is 9.78. The number of phenolic OH excluding ortho intramolecular Hbond substituents is 3. The number of nitrogens with one attached hydrogen (secondary N) is 1. The molecule has 0 aliphatic heterocycles. The van der Waals surface area contributed by atoms with E-state index in [1.54, 1.807) is 26.8 Å². The summed E-state index contributed by atoms with van der Waals surface area (Å²) in [6.45, 7) is 8.63. The van der Waals surface area contributed by atoms with Crippen LogP contribution < -0.4 is 14.8 Å². The zero-order valence-electron chi connectivity index (χ0n) is 24.8. The van der Waals surface area contributed by atoms with Crippen molar-refractivity contribution < 1.29 is 39.1 Å². The number of benzene rings is 3. The van der Waals surface area contributed by atoms with E-state index in [-0.39, 0.29) is 35.5 Å². The summed E-state index contributed by atoms with van der Waals surface area (Å²) in [5, 5.41) is 42.5. The average molecular weight is 658 g/mol. The molecule has 1 heterocycles. The summed E-state index contributed by atoms with van der Waals surface area (Å²) in [4.78, 5) is 24.8. The molecule has 0 aliphatic rings. The molecule has 44 heavy (non-hydrogen) atoms. The van der Waals surface area contributed by atoms with E-state index in [0.29, 0.717) is 30.5 Å². The Morgan fingerprint density at radius 1 is 0.909 bits per heavy atom. The van der Waals surface area contributed by atoms with Crippen molar-refractivity contribution in [2.75, 3.05) is 19.0 Å². The van der Waals surface area contributed by atoms with E-state index in [4.69, 9.17) is 14.2 Å². The van der Waals surface area contributed by atoms with Gasteiger partial charge in [-0.25, -0.2) is 0 Å². The highest BCUT2D eigenvalue weighted by atomic mass is 32.2. The molecule has 0 bridgehead atoms. The van der Waals surface area contributed by atoms with Gasteiger partial charge in [0.2, 0.25) is 5.75 Å². The lowest BCUT2D eigenvalue weighted by atomic mass is 10.1. The van der Waals surface area contributed by atoms with E-state index in [1.807, 2.05) is 26.0 Å². The molecule has 4 aromatic rings. The minimum absolute atomic E-state index is 0.0723. The molecule has 0 saturated carbocycles. The van der Waals surface area contributed by atoms with Gasteiger partial charge in [0.05, 0.1) is 17.7 Å². The van der Waals surface area contributed by atoms with E-state index < -0.39 is 22.7 Å². The van der Waals surface area contributed by atoms with Gasteiger partial charge in [-0.1, -0.05) is 52.6 Å². The summed E-state index contributed by atoms with van der Waals surface area (Å²) in [5.74, 6) is -1.29. The van der Waals surface area contributed by atoms with Crippen molar-refractivity contribution in [1.82, 2.24) is 10.2 Å². The Kier molecular flexibility index (Phi) is 10.5. The van der Waals surface area contributed by atoms with Crippen molar-refractivity contribution in [2.24, 2.45) is 0 Å². The molecular formula is C30H31N3O8S3. The number of nitrogens with zero attached hydrogens (tertiary/aromatic N) is 2. The van der Waals surface area contributed by atoms with Gasteiger partial charge in [-0.3, -0.25) is 9.59 Å². The monoisotopic (exact) mass is 657 g/mol. The van der Waals surface area contributed by atoms with Gasteiger partial charge in [-0.05, 0) is 69.5 Å². The Hall–Kier alpha value is -4.14. The van der Waals surface area contributed by atoms with Crippen LogP contribution in [0.25, 0.3) is 0 Å². The van der Waals surface area contributed by atoms with E-state index in [9.17, 15) is 24.9 Å². The lowest BCUT2D eigenvalue weighted by molar-refractivity contribution is -0.139. The number of phenols is 3. The largest absolute Gasteiger partial charge is 0.508 e. The Labute approximate surface area is 266 Å². The predicted octanol–water partition coefficient (Wildman–Crippen LogP) is 6.50. The summed E-state index contributed by atoms with van der Waals surface area (Å²) in [6.07, 6.45) is 0. The molecular weight excluding hydrogens is 627 g/mol. The highest BCUT2D eigenvalue weighted by molar-refractivity contribution is 8.04. The molecule has 11 nitrogen and oxygen atoms in total. The molecule has 232 valence electrons. The van der Waals surface area contributed by atoms with Crippen LogP contribution in [0.4, 0.5) is 5.69 Å². The molecule has 1 unspecified atom stereocenters. The fourth-order valence-corrected chi connectivity index (χ4v) is 7.19. The van der Waals surface area contributed by atoms with Crippen LogP contribution in [0.15, 0.2) is 50.0 Å². The van der Waals surface area contributed by atoms with Crippen LogP contribution in [-0.4, -0.2) is 56.4 Å². The van der Waals surface area contributed by atoms with Crippen molar-refractivity contribution in [2.45, 2.75) is 53.4 Å². The minimum Gasteiger partial charge on any atom is -0.508 e. The van der Waals surface area contributed by atoms with Crippen molar-refractivity contribution in [1.29, 1.82) is 0 Å². The van der Waals surface area contributed by atoms with Gasteiger partial charge >= 0.3 is 5.97 Å². The molecule has 0 aliphatic carbocycles. The number of carbonyl (C=O) groups is 2. The number of hydrogen-bond acceptors (Lipinski definition) is 13. The summed E-state index contributed by atoms with van der Waals surface area (Å²) in [7, 11) is 1.31. The second kappa shape index (κ2) is 14.1. The number of amides is 1. The summed E-state index contributed by atoms with van der Waals surface area (Å²) in [6, 6.07) is 9.99. The molecule has 1 amide bonds. The minimum atomic E-state index is -0.530. The number of thioether (sulfide) groups is 1. The molecule has 1 aromatic heterocycles. The molecule has 0 fully saturated rings. The summed E-state index contributed by atoms with van der Waals surface area (Å²) >= 11 is 3.53. The quantitative estimate of drug-likeness (QED) is 0.0788. The number of methoxy groups -OCH3 is 1. The van der Waals surface area contributed by atoms with Crippen LogP contribution in [0.1, 0.15) is 29.2 Å². The highest BCUT2D eigenvalue weighted by Crippen LogP contribution is 2.49. The van der Waals surface area contributed by atoms with Gasteiger partial charge in [0.15, 0.2) is 32.5 Å². The second-order valence-corrected chi connectivity index (χ2v) is 13.6. The number of ether oxygens (including phenoxy) is 3. The van der Waals surface area contributed by atoms with Crippen molar-refractivity contribution in [3.8, 4) is 34.5 Å². The Morgan fingerprint density at radius 3 is 2.32 bits per heavy atom. The first-order chi connectivity index (χ1) is 20.9. The first-order valence-corrected chi connectivity index (χ1v) is 15.7. The number of hydrogen-bond donors (Lipinski definition) is 4. The van der Waals surface area contributed by atoms with Crippen molar-refractivity contribution in [3.63, 3.8) is 0 Å². The maximum atomic E-state index is 12.8. The smallest absolute Gasteiger partial charge is 0.318 e. The van der Waals surface area contributed by atoms with Gasteiger partial charge in [-0.15, -0.1) is 10.2 Å². The van der Waals surface area contributed by atoms with E-state index >= 15 is 0 Å². The lowest BCUT2D eigenvalue weighted by Crippen LogP contribution is -2.20. The molecule has 4 N–H and O–H groups in total. The number of aryl methyl sites for hydroxylation is 4. The van der Waals surface area contributed by atoms with Gasteiger partial charge < -0.3 is 34.8 Å². The fraction of sp³-hybridized carbons (Fsp3) is 0.267. The fourth-order valence-electron chi connectivity index (χ4n) is 3.95. The Morgan fingerprint density at radius 2 is 1.61 bits per heavy atom. The van der Waals surface area contributed by atoms with Gasteiger partial charge in [0.1, 0.15) is 16.7 Å². The molecule has 0 spiro atoms. The number of carbonyl (C=O) groups excluding carboxylic acids is 2. The third-order valence-corrected chi connectivity index (χ3v) is 9.60. The summed E-state index contributed by atoms with van der Waals surface area (Å²) in [5.41, 5.74) is 3.13. The van der Waals surface area contributed by atoms with Crippen LogP contribution in [0.5, 0.6) is 34.5 Å². The Bertz CT molecular complexity index is 1710. The van der Waals surface area contributed by atoms with E-state index in [0.717, 1.165) is 22.9 Å². The molecule has 0 saturated heterocycles. The van der Waals surface area contributed by atoms with Gasteiger partial charge in [-0.2, -0.15) is 0 Å². The number of anilines is 1. The van der Waals surface area contributed by atoms with Gasteiger partial charge in [0, 0.05) is 6.07 Å². The maximum Gasteiger partial charge on any atom is 0.318 e. The first kappa shape index (κ1) is 32.8. The van der Waals surface area contributed by atoms with Crippen LogP contribution in [-0.2, 0) is 14.3 Å². The van der Waals surface area contributed by atoms with Crippen molar-refractivity contribution >= 4 is 52.4 Å². The van der Waals surface area contributed by atoms with Crippen LogP contribution >= 0.6 is 34.9 Å². The number of aromatic nitrogens is 2. The molecule has 4 rings (SSSR count). The molecule has 14 heteroatoms. The van der Waals surface area contributed by atoms with Crippen molar-refractivity contribution in [3.05, 3.63) is 58.7 Å². The lowest BCUT2D eigenvalue weighted by Gasteiger charge is -2.17. The molecule has 3 aromatic carbocycles. The topological polar surface area (TPSA) is 160 Å². The van der Waals surface area contributed by atoms with Gasteiger partial charge in [0.25, 0.3) is 5.91 Å². The number of esters is 1. The zero-order valence-corrected chi connectivity index (χ0v) is 27.2. The molecule has 0 radical (unpaired) electrons. The zero-order chi connectivity index (χ0) is 32.1. The SMILES string of the molecule is COC(=O)C(C)Sc1nnc(Sc2c(C)cc(Oc3cc(C)c(O)cc3NC(=O)COc3ccc(C)cc3C)c(O)c2O)s1. The number of aromatic hydroxyl groups is 3. The van der Waals surface area contributed by atoms with Crippen LogP contribution in [0.3, 0.4) is 0 Å². The molecule has 1 atom stereocenters.